The van der Waals surface area contributed by atoms with Crippen LogP contribution in [-0.4, -0.2) is 59.7 Å². The SMILES string of the molecule is O=C(C(c1cccs1)N(C(=O)CCl)c1ccc(Oc2ccccc2)cc1)N1CCN2CCC[C@H]2C1. The summed E-state index contributed by atoms with van der Waals surface area (Å²) in [5.41, 5.74) is 0.613. The maximum atomic E-state index is 14.0. The second-order valence-electron chi connectivity index (χ2n) is 8.84. The van der Waals surface area contributed by atoms with Gasteiger partial charge >= 0.3 is 0 Å². The fourth-order valence-corrected chi connectivity index (χ4v) is 5.91. The summed E-state index contributed by atoms with van der Waals surface area (Å²) in [6.45, 7) is 3.36. The normalized spacial score (nSPS) is 18.7. The molecule has 0 bridgehead atoms. The summed E-state index contributed by atoms with van der Waals surface area (Å²) in [7, 11) is 0. The Morgan fingerprint density at radius 1 is 1.00 bits per heavy atom. The minimum absolute atomic E-state index is 0.0536. The number of anilines is 1. The van der Waals surface area contributed by atoms with E-state index in [1.165, 1.54) is 17.8 Å². The lowest BCUT2D eigenvalue weighted by Gasteiger charge is -2.40. The maximum absolute atomic E-state index is 14.0. The van der Waals surface area contributed by atoms with E-state index in [-0.39, 0.29) is 17.7 Å². The van der Waals surface area contributed by atoms with Crippen LogP contribution >= 0.6 is 22.9 Å². The first-order chi connectivity index (χ1) is 17.1. The number of hydrogen-bond donors (Lipinski definition) is 0. The van der Waals surface area contributed by atoms with E-state index < -0.39 is 6.04 Å². The van der Waals surface area contributed by atoms with Crippen molar-refractivity contribution in [2.45, 2.75) is 24.9 Å². The van der Waals surface area contributed by atoms with Crippen molar-refractivity contribution in [3.05, 3.63) is 77.0 Å². The smallest absolute Gasteiger partial charge is 0.251 e. The van der Waals surface area contributed by atoms with Gasteiger partial charge in [0.1, 0.15) is 23.4 Å². The number of rotatable bonds is 7. The number of alkyl halides is 1. The van der Waals surface area contributed by atoms with E-state index in [0.29, 0.717) is 30.6 Å². The van der Waals surface area contributed by atoms with Crippen LogP contribution in [0.3, 0.4) is 0 Å². The molecule has 6 nitrogen and oxygen atoms in total. The molecule has 2 amide bonds. The Labute approximate surface area is 214 Å². The largest absolute Gasteiger partial charge is 0.457 e. The fourth-order valence-electron chi connectivity index (χ4n) is 4.97. The van der Waals surface area contributed by atoms with E-state index in [9.17, 15) is 9.59 Å². The van der Waals surface area contributed by atoms with Gasteiger partial charge in [-0.1, -0.05) is 24.3 Å². The quantitative estimate of drug-likeness (QED) is 0.413. The van der Waals surface area contributed by atoms with Crippen molar-refractivity contribution >= 4 is 40.4 Å². The Balaban J connectivity index is 1.44. The van der Waals surface area contributed by atoms with Crippen LogP contribution in [0.5, 0.6) is 11.5 Å². The molecule has 0 N–H and O–H groups in total. The van der Waals surface area contributed by atoms with Crippen molar-refractivity contribution in [3.8, 4) is 11.5 Å². The second kappa shape index (κ2) is 10.8. The predicted octanol–water partition coefficient (Wildman–Crippen LogP) is 5.16. The number of benzene rings is 2. The van der Waals surface area contributed by atoms with Crippen LogP contribution in [0.25, 0.3) is 0 Å². The van der Waals surface area contributed by atoms with Gasteiger partial charge in [-0.25, -0.2) is 0 Å². The molecule has 0 radical (unpaired) electrons. The number of amides is 2. The minimum Gasteiger partial charge on any atom is -0.457 e. The van der Waals surface area contributed by atoms with E-state index in [4.69, 9.17) is 16.3 Å². The molecule has 2 aromatic carbocycles. The van der Waals surface area contributed by atoms with Crippen molar-refractivity contribution in [1.82, 2.24) is 9.80 Å². The average molecular weight is 510 g/mol. The number of para-hydroxylation sites is 1. The molecule has 2 atom stereocenters. The lowest BCUT2D eigenvalue weighted by atomic mass is 10.1. The molecular formula is C27H28ClN3O3S. The van der Waals surface area contributed by atoms with Gasteiger partial charge in [-0.05, 0) is 67.2 Å². The number of carbonyl (C=O) groups excluding carboxylic acids is 2. The molecule has 35 heavy (non-hydrogen) atoms. The summed E-state index contributed by atoms with van der Waals surface area (Å²) in [6, 6.07) is 20.2. The molecule has 1 aromatic heterocycles. The zero-order valence-electron chi connectivity index (χ0n) is 19.4. The van der Waals surface area contributed by atoms with Crippen molar-refractivity contribution in [1.29, 1.82) is 0 Å². The van der Waals surface area contributed by atoms with Gasteiger partial charge in [-0.3, -0.25) is 19.4 Å². The molecule has 0 aliphatic carbocycles. The molecule has 3 aromatic rings. The summed E-state index contributed by atoms with van der Waals surface area (Å²) >= 11 is 7.54. The number of nitrogens with zero attached hydrogens (tertiary/aromatic N) is 3. The molecule has 0 spiro atoms. The molecule has 5 rings (SSSR count). The molecule has 2 saturated heterocycles. The molecule has 0 saturated carbocycles. The first-order valence-electron chi connectivity index (χ1n) is 11.9. The van der Waals surface area contributed by atoms with Crippen molar-refractivity contribution < 1.29 is 14.3 Å². The van der Waals surface area contributed by atoms with Gasteiger partial charge < -0.3 is 9.64 Å². The van der Waals surface area contributed by atoms with Crippen LogP contribution in [0.4, 0.5) is 5.69 Å². The Kier molecular flexibility index (Phi) is 7.37. The number of hydrogen-bond acceptors (Lipinski definition) is 5. The number of fused-ring (bicyclic) bond motifs is 1. The lowest BCUT2D eigenvalue weighted by Crippen LogP contribution is -2.55. The number of thiophene rings is 1. The molecule has 8 heteroatoms. The molecule has 1 unspecified atom stereocenters. The highest BCUT2D eigenvalue weighted by molar-refractivity contribution is 7.10. The average Bonchev–Trinajstić information content (AvgIpc) is 3.59. The monoisotopic (exact) mass is 509 g/mol. The molecule has 182 valence electrons. The van der Waals surface area contributed by atoms with Gasteiger partial charge in [0.25, 0.3) is 5.91 Å². The topological polar surface area (TPSA) is 53.1 Å². The Hall–Kier alpha value is -2.87. The third-order valence-electron chi connectivity index (χ3n) is 6.68. The van der Waals surface area contributed by atoms with Crippen LogP contribution in [-0.2, 0) is 9.59 Å². The van der Waals surface area contributed by atoms with E-state index in [1.54, 1.807) is 4.90 Å². The van der Waals surface area contributed by atoms with E-state index >= 15 is 0 Å². The van der Waals surface area contributed by atoms with Gasteiger partial charge in [0, 0.05) is 36.2 Å². The van der Waals surface area contributed by atoms with Crippen molar-refractivity contribution in [2.24, 2.45) is 0 Å². The predicted molar refractivity (Wildman–Crippen MR) is 139 cm³/mol. The third-order valence-corrected chi connectivity index (χ3v) is 7.83. The molecule has 2 aliphatic heterocycles. The van der Waals surface area contributed by atoms with Gasteiger partial charge in [0.05, 0.1) is 0 Å². The van der Waals surface area contributed by atoms with E-state index in [1.807, 2.05) is 77.0 Å². The van der Waals surface area contributed by atoms with Gasteiger partial charge in [0.15, 0.2) is 0 Å². The van der Waals surface area contributed by atoms with Crippen molar-refractivity contribution in [3.63, 3.8) is 0 Å². The Bertz CT molecular complexity index is 1140. The zero-order valence-corrected chi connectivity index (χ0v) is 21.0. The third kappa shape index (κ3) is 5.22. The number of piperazine rings is 1. The zero-order chi connectivity index (χ0) is 24.2. The Morgan fingerprint density at radius 2 is 1.77 bits per heavy atom. The van der Waals surface area contributed by atoms with Crippen LogP contribution in [0.15, 0.2) is 72.1 Å². The van der Waals surface area contributed by atoms with E-state index in [0.717, 1.165) is 30.1 Å². The lowest BCUT2D eigenvalue weighted by molar-refractivity contribution is -0.136. The number of halogens is 1. The molecular weight excluding hydrogens is 482 g/mol. The van der Waals surface area contributed by atoms with Gasteiger partial charge in [-0.15, -0.1) is 22.9 Å². The van der Waals surface area contributed by atoms with Gasteiger partial charge in [0.2, 0.25) is 5.91 Å². The van der Waals surface area contributed by atoms with Crippen molar-refractivity contribution in [2.75, 3.05) is 37.0 Å². The first kappa shape index (κ1) is 23.9. The highest BCUT2D eigenvalue weighted by Crippen LogP contribution is 2.35. The highest BCUT2D eigenvalue weighted by Gasteiger charge is 2.39. The minimum atomic E-state index is -0.755. The molecule has 3 heterocycles. The van der Waals surface area contributed by atoms with Crippen LogP contribution in [0, 0.1) is 0 Å². The van der Waals surface area contributed by atoms with Gasteiger partial charge in [-0.2, -0.15) is 0 Å². The summed E-state index contributed by atoms with van der Waals surface area (Å²) in [4.78, 5) is 33.9. The number of ether oxygens (including phenoxy) is 1. The first-order valence-corrected chi connectivity index (χ1v) is 13.3. The van der Waals surface area contributed by atoms with Crippen LogP contribution in [0.2, 0.25) is 0 Å². The summed E-state index contributed by atoms with van der Waals surface area (Å²) < 4.78 is 5.91. The van der Waals surface area contributed by atoms with E-state index in [2.05, 4.69) is 4.90 Å². The standard InChI is InChI=1S/C27H28ClN3O3S/c28-18-25(32)31(20-10-12-23(13-11-20)34-22-7-2-1-3-8-22)26(24-9-5-17-35-24)27(33)30-16-15-29-14-4-6-21(29)19-30/h1-3,5,7-13,17,21,26H,4,6,14-16,18-19H2/t21-,26?/m0/s1. The fraction of sp³-hybridized carbons (Fsp3) is 0.333. The molecule has 2 fully saturated rings. The highest BCUT2D eigenvalue weighted by atomic mass is 35.5. The summed E-state index contributed by atoms with van der Waals surface area (Å²) in [6.07, 6.45) is 2.29. The summed E-state index contributed by atoms with van der Waals surface area (Å²) in [5.74, 6) is 0.798. The molecule has 2 aliphatic rings. The van der Waals surface area contributed by atoms with Crippen LogP contribution in [0.1, 0.15) is 23.8 Å². The number of carbonyl (C=O) groups is 2. The summed E-state index contributed by atoms with van der Waals surface area (Å²) in [5, 5.41) is 1.94. The maximum Gasteiger partial charge on any atom is 0.251 e. The second-order valence-corrected chi connectivity index (χ2v) is 10.1. The Morgan fingerprint density at radius 3 is 2.49 bits per heavy atom. The van der Waals surface area contributed by atoms with Crippen LogP contribution < -0.4 is 9.64 Å².